The number of nitro groups is 1. The zero-order valence-corrected chi connectivity index (χ0v) is 17.8. The van der Waals surface area contributed by atoms with Gasteiger partial charge < -0.3 is 9.80 Å². The fourth-order valence-electron chi connectivity index (χ4n) is 4.15. The summed E-state index contributed by atoms with van der Waals surface area (Å²) in [6, 6.07) is 10.4. The maximum Gasteiger partial charge on any atom is 0.273 e. The van der Waals surface area contributed by atoms with E-state index in [2.05, 4.69) is 15.0 Å². The maximum absolute atomic E-state index is 13.0. The summed E-state index contributed by atoms with van der Waals surface area (Å²) in [4.78, 5) is 32.2. The second-order valence-corrected chi connectivity index (χ2v) is 7.61. The number of carbonyl (C=O) groups is 1. The van der Waals surface area contributed by atoms with Crippen molar-refractivity contribution in [3.05, 3.63) is 75.2 Å². The van der Waals surface area contributed by atoms with Gasteiger partial charge in [0.15, 0.2) is 5.82 Å². The van der Waals surface area contributed by atoms with Crippen LogP contribution in [0, 0.1) is 30.9 Å². The zero-order chi connectivity index (χ0) is 22.1. The number of hydrogen-bond donors (Lipinski definition) is 0. The Morgan fingerprint density at radius 1 is 1.03 bits per heavy atom. The summed E-state index contributed by atoms with van der Waals surface area (Å²) in [5, 5.41) is 15.9. The highest BCUT2D eigenvalue weighted by Crippen LogP contribution is 2.28. The summed E-state index contributed by atoms with van der Waals surface area (Å²) in [5.74, 6) is 0.600. The Bertz CT molecular complexity index is 1130. The number of pyridine rings is 1. The molecule has 3 heterocycles. The smallest absolute Gasteiger partial charge is 0.273 e. The molecule has 0 atom stereocenters. The van der Waals surface area contributed by atoms with Gasteiger partial charge in [-0.2, -0.15) is 5.10 Å². The number of carbonyl (C=O) groups excluding carboxylic acids is 1. The van der Waals surface area contributed by atoms with Gasteiger partial charge in [0.05, 0.1) is 22.0 Å². The standard InChI is InChI=1S/C22H24N6O3/c1-15-18(7-6-8-19(15)28(30)31)22(29)26-13-11-25(12-14-26)21-16(2)24-27(17(21)3)20-9-4-5-10-23-20/h4-10H,11-14H2,1-3H3. The van der Waals surface area contributed by atoms with Gasteiger partial charge in [0.1, 0.15) is 0 Å². The van der Waals surface area contributed by atoms with E-state index in [0.717, 1.165) is 22.9 Å². The molecule has 0 unspecified atom stereocenters. The van der Waals surface area contributed by atoms with Crippen molar-refractivity contribution in [2.24, 2.45) is 0 Å². The summed E-state index contributed by atoms with van der Waals surface area (Å²) in [5.41, 5.74) is 3.74. The molecule has 9 nitrogen and oxygen atoms in total. The van der Waals surface area contributed by atoms with E-state index in [4.69, 9.17) is 0 Å². The van der Waals surface area contributed by atoms with Crippen LogP contribution in [-0.4, -0.2) is 56.7 Å². The second-order valence-electron chi connectivity index (χ2n) is 7.61. The average Bonchev–Trinajstić information content (AvgIpc) is 3.08. The number of nitro benzene ring substituents is 1. The lowest BCUT2D eigenvalue weighted by atomic mass is 10.1. The third-order valence-electron chi connectivity index (χ3n) is 5.73. The highest BCUT2D eigenvalue weighted by molar-refractivity contribution is 5.96. The van der Waals surface area contributed by atoms with Gasteiger partial charge in [-0.25, -0.2) is 9.67 Å². The Hall–Kier alpha value is -3.75. The Kier molecular flexibility index (Phi) is 5.41. The number of rotatable bonds is 4. The van der Waals surface area contributed by atoms with Gasteiger partial charge in [0.25, 0.3) is 11.6 Å². The third kappa shape index (κ3) is 3.74. The number of benzene rings is 1. The van der Waals surface area contributed by atoms with Gasteiger partial charge in [-0.3, -0.25) is 14.9 Å². The predicted molar refractivity (Wildman–Crippen MR) is 117 cm³/mol. The van der Waals surface area contributed by atoms with Gasteiger partial charge in [-0.1, -0.05) is 12.1 Å². The summed E-state index contributed by atoms with van der Waals surface area (Å²) < 4.78 is 1.84. The van der Waals surface area contributed by atoms with Gasteiger partial charge in [0.2, 0.25) is 0 Å². The minimum absolute atomic E-state index is 0.0299. The van der Waals surface area contributed by atoms with E-state index >= 15 is 0 Å². The normalized spacial score (nSPS) is 14.0. The first-order valence-electron chi connectivity index (χ1n) is 10.1. The topological polar surface area (TPSA) is 97.4 Å². The molecule has 1 saturated heterocycles. The molecule has 3 aromatic rings. The molecular weight excluding hydrogens is 396 g/mol. The van der Waals surface area contributed by atoms with Crippen LogP contribution in [0.5, 0.6) is 0 Å². The van der Waals surface area contributed by atoms with Crippen molar-refractivity contribution >= 4 is 17.3 Å². The van der Waals surface area contributed by atoms with E-state index in [1.54, 1.807) is 30.2 Å². The fraction of sp³-hybridized carbons (Fsp3) is 0.318. The molecule has 0 radical (unpaired) electrons. The second kappa shape index (κ2) is 8.17. The summed E-state index contributed by atoms with van der Waals surface area (Å²) in [6.45, 7) is 8.02. The van der Waals surface area contributed by atoms with E-state index in [9.17, 15) is 14.9 Å². The van der Waals surface area contributed by atoms with Crippen LogP contribution in [0.1, 0.15) is 27.3 Å². The molecule has 0 aliphatic carbocycles. The van der Waals surface area contributed by atoms with Crippen LogP contribution in [0.2, 0.25) is 0 Å². The third-order valence-corrected chi connectivity index (χ3v) is 5.73. The van der Waals surface area contributed by atoms with Crippen LogP contribution in [0.15, 0.2) is 42.6 Å². The first-order chi connectivity index (χ1) is 14.9. The Morgan fingerprint density at radius 3 is 2.42 bits per heavy atom. The average molecular weight is 420 g/mol. The molecule has 1 aliphatic rings. The highest BCUT2D eigenvalue weighted by Gasteiger charge is 2.28. The Morgan fingerprint density at radius 2 is 1.77 bits per heavy atom. The number of amides is 1. The molecule has 1 aliphatic heterocycles. The first-order valence-corrected chi connectivity index (χ1v) is 10.1. The van der Waals surface area contributed by atoms with Crippen molar-refractivity contribution in [3.63, 3.8) is 0 Å². The minimum atomic E-state index is -0.450. The lowest BCUT2D eigenvalue weighted by molar-refractivity contribution is -0.385. The van der Waals surface area contributed by atoms with E-state index in [1.165, 1.54) is 6.07 Å². The molecule has 2 aromatic heterocycles. The van der Waals surface area contributed by atoms with Crippen molar-refractivity contribution in [2.75, 3.05) is 31.1 Å². The fourth-order valence-corrected chi connectivity index (χ4v) is 4.15. The molecule has 9 heteroatoms. The molecule has 0 bridgehead atoms. The van der Waals surface area contributed by atoms with E-state index < -0.39 is 4.92 Å². The van der Waals surface area contributed by atoms with Crippen molar-refractivity contribution in [2.45, 2.75) is 20.8 Å². The SMILES string of the molecule is Cc1nn(-c2ccccn2)c(C)c1N1CCN(C(=O)c2cccc([N+](=O)[O-])c2C)CC1. The molecular formula is C22H24N6O3. The molecule has 1 aromatic carbocycles. The summed E-state index contributed by atoms with van der Waals surface area (Å²) in [7, 11) is 0. The molecule has 0 spiro atoms. The van der Waals surface area contributed by atoms with Crippen LogP contribution in [0.3, 0.4) is 0 Å². The van der Waals surface area contributed by atoms with Crippen LogP contribution in [-0.2, 0) is 0 Å². The van der Waals surface area contributed by atoms with Crippen molar-refractivity contribution in [1.82, 2.24) is 19.7 Å². The monoisotopic (exact) mass is 420 g/mol. The van der Waals surface area contributed by atoms with Gasteiger partial charge in [-0.15, -0.1) is 0 Å². The number of hydrogen-bond acceptors (Lipinski definition) is 6. The zero-order valence-electron chi connectivity index (χ0n) is 17.8. The Balaban J connectivity index is 1.51. The predicted octanol–water partition coefficient (Wildman–Crippen LogP) is 3.06. The highest BCUT2D eigenvalue weighted by atomic mass is 16.6. The van der Waals surface area contributed by atoms with Crippen molar-refractivity contribution in [1.29, 1.82) is 0 Å². The number of anilines is 1. The summed E-state index contributed by atoms with van der Waals surface area (Å²) >= 11 is 0. The molecule has 0 saturated carbocycles. The van der Waals surface area contributed by atoms with E-state index in [-0.39, 0.29) is 11.6 Å². The van der Waals surface area contributed by atoms with E-state index in [0.29, 0.717) is 37.3 Å². The molecule has 160 valence electrons. The number of piperazine rings is 1. The molecule has 0 N–H and O–H groups in total. The molecule has 1 amide bonds. The van der Waals surface area contributed by atoms with Gasteiger partial charge >= 0.3 is 0 Å². The van der Waals surface area contributed by atoms with Gasteiger partial charge in [0, 0.05) is 49.6 Å². The molecule has 1 fully saturated rings. The number of nitrogens with zero attached hydrogens (tertiary/aromatic N) is 6. The van der Waals surface area contributed by atoms with Gasteiger partial charge in [-0.05, 0) is 39.0 Å². The largest absolute Gasteiger partial charge is 0.365 e. The van der Waals surface area contributed by atoms with Crippen molar-refractivity contribution < 1.29 is 9.72 Å². The maximum atomic E-state index is 13.0. The van der Waals surface area contributed by atoms with Crippen LogP contribution >= 0.6 is 0 Å². The quantitative estimate of drug-likeness (QED) is 0.475. The Labute approximate surface area is 180 Å². The van der Waals surface area contributed by atoms with Crippen LogP contribution < -0.4 is 4.90 Å². The van der Waals surface area contributed by atoms with Crippen molar-refractivity contribution in [3.8, 4) is 5.82 Å². The van der Waals surface area contributed by atoms with Crippen LogP contribution in [0.4, 0.5) is 11.4 Å². The van der Waals surface area contributed by atoms with Crippen LogP contribution in [0.25, 0.3) is 5.82 Å². The first kappa shape index (κ1) is 20.5. The molecule has 31 heavy (non-hydrogen) atoms. The lowest BCUT2D eigenvalue weighted by Gasteiger charge is -2.36. The lowest BCUT2D eigenvalue weighted by Crippen LogP contribution is -2.49. The number of aryl methyl sites for hydroxylation is 1. The van der Waals surface area contributed by atoms with E-state index in [1.807, 2.05) is 36.7 Å². The number of aromatic nitrogens is 3. The minimum Gasteiger partial charge on any atom is -0.365 e. The summed E-state index contributed by atoms with van der Waals surface area (Å²) in [6.07, 6.45) is 1.74. The molecule has 4 rings (SSSR count).